The highest BCUT2D eigenvalue weighted by atomic mass is 16.5. The van der Waals surface area contributed by atoms with Crippen LogP contribution in [-0.2, 0) is 14.3 Å². The zero-order chi connectivity index (χ0) is 49.5. The summed E-state index contributed by atoms with van der Waals surface area (Å²) in [6, 6.07) is -0.725. The Bertz CT molecular complexity index is 1250. The van der Waals surface area contributed by atoms with Crippen LogP contribution in [0.1, 0.15) is 284 Å². The van der Waals surface area contributed by atoms with Crippen LogP contribution in [-0.4, -0.2) is 46.9 Å². The van der Waals surface area contributed by atoms with Crippen molar-refractivity contribution in [3.8, 4) is 0 Å². The Hall–Kier alpha value is -2.70. The number of aliphatic hydroxyl groups is 2. The van der Waals surface area contributed by atoms with E-state index in [4.69, 9.17) is 4.74 Å². The summed E-state index contributed by atoms with van der Waals surface area (Å²) in [5.74, 6) is -0.543. The van der Waals surface area contributed by atoms with E-state index in [0.29, 0.717) is 19.3 Å². The Kier molecular flexibility index (Phi) is 53.0. The van der Waals surface area contributed by atoms with Crippen LogP contribution in [0.3, 0.4) is 0 Å². The van der Waals surface area contributed by atoms with Crippen molar-refractivity contribution in [1.29, 1.82) is 0 Å². The maximum absolute atomic E-state index is 13.3. The van der Waals surface area contributed by atoms with Crippen LogP contribution in [0.5, 0.6) is 0 Å². The monoisotopic (exact) mass is 950 g/mol. The lowest BCUT2D eigenvalue weighted by Crippen LogP contribution is -2.46. The molecule has 0 heterocycles. The predicted molar refractivity (Wildman–Crippen MR) is 296 cm³/mol. The molecule has 0 aliphatic rings. The number of ether oxygens (including phenoxy) is 1. The molecule has 68 heavy (non-hydrogen) atoms. The molecular weight excluding hydrogens is 839 g/mol. The second-order valence-electron chi connectivity index (χ2n) is 19.8. The maximum Gasteiger partial charge on any atom is 0.306 e. The maximum atomic E-state index is 13.3. The van der Waals surface area contributed by atoms with Crippen LogP contribution < -0.4 is 5.32 Å². The van der Waals surface area contributed by atoms with E-state index in [-0.39, 0.29) is 24.9 Å². The lowest BCUT2D eigenvalue weighted by atomic mass is 10.0. The van der Waals surface area contributed by atoms with E-state index in [0.717, 1.165) is 83.5 Å². The number of esters is 1. The second-order valence-corrected chi connectivity index (χ2v) is 19.8. The first-order valence-corrected chi connectivity index (χ1v) is 29.2. The molecule has 3 unspecified atom stereocenters. The van der Waals surface area contributed by atoms with Crippen LogP contribution in [0.4, 0.5) is 0 Å². The summed E-state index contributed by atoms with van der Waals surface area (Å²) < 4.78 is 5.92. The van der Waals surface area contributed by atoms with Gasteiger partial charge in [-0.25, -0.2) is 0 Å². The number of nitrogens with one attached hydrogen (secondary N) is 1. The normalized spacial score (nSPS) is 13.7. The van der Waals surface area contributed by atoms with Gasteiger partial charge in [-0.15, -0.1) is 0 Å². The molecule has 1 amide bonds. The standard InChI is InChI=1S/C62H111NO5/c1-4-7-10-13-16-19-22-25-28-30-32-34-37-40-43-46-49-52-55-62(67)68-58(53-50-47-44-41-38-35-27-24-21-18-15-12-9-6-3)56-61(66)63-59(57-64)60(65)54-51-48-45-42-39-36-33-31-29-26-23-20-17-14-11-8-5-2/h16,19,22,25,28,30,32,34-35,38,41,44,58-60,64-65H,4-15,17-18,20-21,23-24,26-27,29,31,33,36-37,39-40,42-43,45-57H2,1-3H3,(H,63,66)/b19-16+,25-22+,30-28+,34-32+,38-35+,44-41+. The minimum atomic E-state index is -0.807. The molecule has 0 rings (SSSR count). The predicted octanol–water partition coefficient (Wildman–Crippen LogP) is 18.1. The van der Waals surface area contributed by atoms with Gasteiger partial charge in [0, 0.05) is 6.42 Å². The molecule has 0 bridgehead atoms. The average molecular weight is 951 g/mol. The summed E-state index contributed by atoms with van der Waals surface area (Å²) in [7, 11) is 0. The molecule has 0 radical (unpaired) electrons. The molecule has 6 heteroatoms. The Balaban J connectivity index is 4.63. The fourth-order valence-electron chi connectivity index (χ4n) is 8.68. The molecule has 0 saturated heterocycles. The summed E-state index contributed by atoms with van der Waals surface area (Å²) in [6.07, 6.45) is 71.1. The molecule has 0 aromatic carbocycles. The van der Waals surface area contributed by atoms with Gasteiger partial charge in [-0.1, -0.05) is 273 Å². The number of carbonyl (C=O) groups excluding carboxylic acids is 2. The number of allylic oxidation sites excluding steroid dienone is 12. The smallest absolute Gasteiger partial charge is 0.306 e. The third-order valence-electron chi connectivity index (χ3n) is 13.1. The molecular formula is C62H111NO5. The first-order chi connectivity index (χ1) is 33.5. The summed E-state index contributed by atoms with van der Waals surface area (Å²) in [6.45, 7) is 6.45. The number of unbranched alkanes of at least 4 members (excludes halogenated alkanes) is 32. The largest absolute Gasteiger partial charge is 0.462 e. The van der Waals surface area contributed by atoms with E-state index in [2.05, 4.69) is 99.0 Å². The molecule has 394 valence electrons. The van der Waals surface area contributed by atoms with Crippen LogP contribution in [0.25, 0.3) is 0 Å². The van der Waals surface area contributed by atoms with Crippen molar-refractivity contribution in [3.05, 3.63) is 72.9 Å². The lowest BCUT2D eigenvalue weighted by Gasteiger charge is -2.24. The van der Waals surface area contributed by atoms with E-state index in [9.17, 15) is 19.8 Å². The van der Waals surface area contributed by atoms with Crippen LogP contribution in [0.2, 0.25) is 0 Å². The molecule has 0 spiro atoms. The van der Waals surface area contributed by atoms with Crippen LogP contribution in [0, 0.1) is 0 Å². The third kappa shape index (κ3) is 49.7. The van der Waals surface area contributed by atoms with Gasteiger partial charge in [0.05, 0.1) is 25.2 Å². The minimum absolute atomic E-state index is 0.0330. The fourth-order valence-corrected chi connectivity index (χ4v) is 8.68. The van der Waals surface area contributed by atoms with Gasteiger partial charge in [0.15, 0.2) is 0 Å². The summed E-state index contributed by atoms with van der Waals surface area (Å²) >= 11 is 0. The van der Waals surface area contributed by atoms with Gasteiger partial charge in [-0.2, -0.15) is 0 Å². The van der Waals surface area contributed by atoms with Crippen LogP contribution in [0.15, 0.2) is 72.9 Å². The molecule has 0 aromatic rings. The fraction of sp³-hybridized carbons (Fsp3) is 0.774. The second kappa shape index (κ2) is 55.2. The van der Waals surface area contributed by atoms with Crippen molar-refractivity contribution in [1.82, 2.24) is 5.32 Å². The topological polar surface area (TPSA) is 95.9 Å². The Morgan fingerprint density at radius 2 is 0.765 bits per heavy atom. The SMILES string of the molecule is CCCCC/C=C/C=C/C=C/C=C/CCCCCCCC(=O)OC(CCC/C=C/C=C/CCCCCCCCC)CC(=O)NC(CO)C(O)CCCCCCCCCCCCCCCCCCC. The molecule has 3 N–H and O–H groups in total. The van der Waals surface area contributed by atoms with Gasteiger partial charge >= 0.3 is 5.97 Å². The minimum Gasteiger partial charge on any atom is -0.462 e. The Morgan fingerprint density at radius 1 is 0.426 bits per heavy atom. The van der Waals surface area contributed by atoms with Crippen molar-refractivity contribution >= 4 is 11.9 Å². The molecule has 0 aliphatic carbocycles. The first kappa shape index (κ1) is 65.3. The molecule has 0 saturated carbocycles. The van der Waals surface area contributed by atoms with Crippen molar-refractivity contribution in [3.63, 3.8) is 0 Å². The highest BCUT2D eigenvalue weighted by molar-refractivity contribution is 5.77. The van der Waals surface area contributed by atoms with Gasteiger partial charge < -0.3 is 20.3 Å². The number of rotatable bonds is 52. The zero-order valence-corrected chi connectivity index (χ0v) is 45.0. The number of aliphatic hydroxyl groups excluding tert-OH is 2. The van der Waals surface area contributed by atoms with Crippen molar-refractivity contribution in [2.24, 2.45) is 0 Å². The summed E-state index contributed by atoms with van der Waals surface area (Å²) in [5, 5.41) is 23.9. The van der Waals surface area contributed by atoms with Crippen molar-refractivity contribution in [2.45, 2.75) is 302 Å². The summed E-state index contributed by atoms with van der Waals surface area (Å²) in [5.41, 5.74) is 0. The Morgan fingerprint density at radius 3 is 1.21 bits per heavy atom. The van der Waals surface area contributed by atoms with E-state index >= 15 is 0 Å². The van der Waals surface area contributed by atoms with Gasteiger partial charge in [0.1, 0.15) is 6.10 Å². The van der Waals surface area contributed by atoms with Crippen LogP contribution >= 0.6 is 0 Å². The van der Waals surface area contributed by atoms with Gasteiger partial charge in [-0.3, -0.25) is 9.59 Å². The third-order valence-corrected chi connectivity index (χ3v) is 13.1. The summed E-state index contributed by atoms with van der Waals surface area (Å²) in [4.78, 5) is 26.3. The van der Waals surface area contributed by atoms with E-state index in [1.54, 1.807) is 0 Å². The number of carbonyl (C=O) groups is 2. The Labute approximate surface area is 421 Å². The van der Waals surface area contributed by atoms with E-state index in [1.165, 1.54) is 154 Å². The molecule has 6 nitrogen and oxygen atoms in total. The molecule has 3 atom stereocenters. The average Bonchev–Trinajstić information content (AvgIpc) is 3.33. The molecule has 0 fully saturated rings. The number of hydrogen-bond acceptors (Lipinski definition) is 5. The van der Waals surface area contributed by atoms with E-state index < -0.39 is 18.2 Å². The number of amides is 1. The van der Waals surface area contributed by atoms with Crippen molar-refractivity contribution in [2.75, 3.05) is 6.61 Å². The highest BCUT2D eigenvalue weighted by Crippen LogP contribution is 2.18. The number of hydrogen-bond donors (Lipinski definition) is 3. The van der Waals surface area contributed by atoms with Gasteiger partial charge in [-0.05, 0) is 70.6 Å². The first-order valence-electron chi connectivity index (χ1n) is 29.2. The van der Waals surface area contributed by atoms with E-state index in [1.807, 2.05) is 0 Å². The van der Waals surface area contributed by atoms with Crippen molar-refractivity contribution < 1.29 is 24.5 Å². The quantitative estimate of drug-likeness (QED) is 0.0321. The van der Waals surface area contributed by atoms with Gasteiger partial charge in [0.2, 0.25) is 5.91 Å². The zero-order valence-electron chi connectivity index (χ0n) is 45.0. The van der Waals surface area contributed by atoms with Gasteiger partial charge in [0.25, 0.3) is 0 Å². The molecule has 0 aromatic heterocycles. The highest BCUT2D eigenvalue weighted by Gasteiger charge is 2.24. The lowest BCUT2D eigenvalue weighted by molar-refractivity contribution is -0.151. The molecule has 0 aliphatic heterocycles.